The Morgan fingerprint density at radius 1 is 1.50 bits per heavy atom. The summed E-state index contributed by atoms with van der Waals surface area (Å²) < 4.78 is 5.74. The van der Waals surface area contributed by atoms with E-state index >= 15 is 0 Å². The zero-order chi connectivity index (χ0) is 12.5. The van der Waals surface area contributed by atoms with Crippen LogP contribution in [0.1, 0.15) is 35.0 Å². The molecule has 0 radical (unpaired) electrons. The van der Waals surface area contributed by atoms with Crippen molar-refractivity contribution in [3.63, 3.8) is 0 Å². The highest BCUT2D eigenvalue weighted by atomic mass is 16.3. The number of aromatic nitrogens is 1. The van der Waals surface area contributed by atoms with Gasteiger partial charge in [0.1, 0.15) is 5.52 Å². The number of fused-ring (bicyclic) bond motifs is 1. The average molecular weight is 245 g/mol. The molecule has 1 aliphatic rings. The number of benzene rings is 1. The Bertz CT molecular complexity index is 585. The number of primary amides is 1. The molecule has 3 N–H and O–H groups in total. The third-order valence-electron chi connectivity index (χ3n) is 3.33. The fourth-order valence-electron chi connectivity index (χ4n) is 2.34. The molecule has 1 atom stereocenters. The monoisotopic (exact) mass is 245 g/mol. The SMILES string of the molecule is NC(=O)c1ccc2oc(C3CCCNC3)nc2c1. The molecule has 1 aromatic carbocycles. The van der Waals surface area contributed by atoms with Gasteiger partial charge in [0.25, 0.3) is 0 Å². The number of hydrogen-bond donors (Lipinski definition) is 2. The van der Waals surface area contributed by atoms with E-state index < -0.39 is 5.91 Å². The highest BCUT2D eigenvalue weighted by Gasteiger charge is 2.20. The smallest absolute Gasteiger partial charge is 0.248 e. The van der Waals surface area contributed by atoms with Gasteiger partial charge in [0.05, 0.1) is 0 Å². The highest BCUT2D eigenvalue weighted by Crippen LogP contribution is 2.26. The third-order valence-corrected chi connectivity index (χ3v) is 3.33. The van der Waals surface area contributed by atoms with Crippen molar-refractivity contribution in [2.75, 3.05) is 13.1 Å². The lowest BCUT2D eigenvalue weighted by Gasteiger charge is -2.19. The number of amides is 1. The average Bonchev–Trinajstić information content (AvgIpc) is 2.82. The Balaban J connectivity index is 1.97. The summed E-state index contributed by atoms with van der Waals surface area (Å²) in [5, 5.41) is 3.33. The molecule has 0 bridgehead atoms. The molecule has 0 aliphatic carbocycles. The van der Waals surface area contributed by atoms with E-state index in [1.807, 2.05) is 0 Å². The molecule has 2 heterocycles. The minimum Gasteiger partial charge on any atom is -0.440 e. The van der Waals surface area contributed by atoms with E-state index in [2.05, 4.69) is 10.3 Å². The second-order valence-corrected chi connectivity index (χ2v) is 4.64. The van der Waals surface area contributed by atoms with E-state index in [1.165, 1.54) is 0 Å². The van der Waals surface area contributed by atoms with Gasteiger partial charge in [-0.3, -0.25) is 4.79 Å². The summed E-state index contributed by atoms with van der Waals surface area (Å²) >= 11 is 0. The topological polar surface area (TPSA) is 81.2 Å². The molecule has 94 valence electrons. The number of nitrogens with two attached hydrogens (primary N) is 1. The van der Waals surface area contributed by atoms with Crippen molar-refractivity contribution in [1.82, 2.24) is 10.3 Å². The van der Waals surface area contributed by atoms with E-state index in [4.69, 9.17) is 10.2 Å². The molecule has 1 aromatic heterocycles. The molecular weight excluding hydrogens is 230 g/mol. The molecule has 3 rings (SSSR count). The molecule has 2 aromatic rings. The summed E-state index contributed by atoms with van der Waals surface area (Å²) in [5.74, 6) is 0.628. The number of hydrogen-bond acceptors (Lipinski definition) is 4. The fraction of sp³-hybridized carbons (Fsp3) is 0.385. The van der Waals surface area contributed by atoms with Crippen LogP contribution in [-0.4, -0.2) is 24.0 Å². The second kappa shape index (κ2) is 4.42. The van der Waals surface area contributed by atoms with Gasteiger partial charge in [0, 0.05) is 18.0 Å². The first-order valence-corrected chi connectivity index (χ1v) is 6.15. The maximum absolute atomic E-state index is 11.1. The second-order valence-electron chi connectivity index (χ2n) is 4.64. The standard InChI is InChI=1S/C13H15N3O2/c14-12(17)8-3-4-11-10(6-8)16-13(18-11)9-2-1-5-15-7-9/h3-4,6,9,15H,1-2,5,7H2,(H2,14,17). The van der Waals surface area contributed by atoms with Gasteiger partial charge in [0.15, 0.2) is 11.5 Å². The number of rotatable bonds is 2. The summed E-state index contributed by atoms with van der Waals surface area (Å²) in [6.45, 7) is 1.96. The van der Waals surface area contributed by atoms with Crippen LogP contribution in [0.2, 0.25) is 0 Å². The summed E-state index contributed by atoms with van der Waals surface area (Å²) in [7, 11) is 0. The number of piperidine rings is 1. The van der Waals surface area contributed by atoms with Gasteiger partial charge in [0.2, 0.25) is 5.91 Å². The minimum atomic E-state index is -0.444. The Morgan fingerprint density at radius 2 is 2.39 bits per heavy atom. The van der Waals surface area contributed by atoms with Crippen molar-refractivity contribution in [2.45, 2.75) is 18.8 Å². The molecule has 0 spiro atoms. The van der Waals surface area contributed by atoms with Crippen LogP contribution in [0.4, 0.5) is 0 Å². The van der Waals surface area contributed by atoms with Crippen LogP contribution in [0, 0.1) is 0 Å². The molecular formula is C13H15N3O2. The minimum absolute atomic E-state index is 0.322. The van der Waals surface area contributed by atoms with E-state index in [9.17, 15) is 4.79 Å². The van der Waals surface area contributed by atoms with Gasteiger partial charge < -0.3 is 15.5 Å². The van der Waals surface area contributed by atoms with E-state index in [0.717, 1.165) is 31.8 Å². The maximum Gasteiger partial charge on any atom is 0.248 e. The Morgan fingerprint density at radius 3 is 3.11 bits per heavy atom. The van der Waals surface area contributed by atoms with Crippen molar-refractivity contribution in [2.24, 2.45) is 5.73 Å². The normalized spacial score (nSPS) is 20.1. The predicted octanol–water partition coefficient (Wildman–Crippen LogP) is 1.39. The van der Waals surface area contributed by atoms with Crippen LogP contribution in [-0.2, 0) is 0 Å². The van der Waals surface area contributed by atoms with Gasteiger partial charge in [-0.05, 0) is 37.6 Å². The summed E-state index contributed by atoms with van der Waals surface area (Å²) in [6.07, 6.45) is 2.22. The summed E-state index contributed by atoms with van der Waals surface area (Å²) in [5.41, 5.74) is 7.12. The molecule has 1 aliphatic heterocycles. The van der Waals surface area contributed by atoms with Crippen LogP contribution in [0.3, 0.4) is 0 Å². The van der Waals surface area contributed by atoms with Crippen molar-refractivity contribution in [1.29, 1.82) is 0 Å². The van der Waals surface area contributed by atoms with Gasteiger partial charge in [-0.25, -0.2) is 4.98 Å². The first-order valence-electron chi connectivity index (χ1n) is 6.15. The summed E-state index contributed by atoms with van der Waals surface area (Å²) in [4.78, 5) is 15.6. The van der Waals surface area contributed by atoms with E-state index in [-0.39, 0.29) is 0 Å². The van der Waals surface area contributed by atoms with Crippen LogP contribution >= 0.6 is 0 Å². The number of carbonyl (C=O) groups excluding carboxylic acids is 1. The van der Waals surface area contributed by atoms with Crippen molar-refractivity contribution in [3.05, 3.63) is 29.7 Å². The van der Waals surface area contributed by atoms with Crippen LogP contribution in [0.25, 0.3) is 11.1 Å². The lowest BCUT2D eigenvalue weighted by atomic mass is 10.00. The van der Waals surface area contributed by atoms with E-state index in [1.54, 1.807) is 18.2 Å². The molecule has 1 amide bonds. The van der Waals surface area contributed by atoms with Gasteiger partial charge >= 0.3 is 0 Å². The first kappa shape index (κ1) is 11.2. The van der Waals surface area contributed by atoms with Crippen molar-refractivity contribution < 1.29 is 9.21 Å². The number of nitrogens with one attached hydrogen (secondary N) is 1. The number of nitrogens with zero attached hydrogens (tertiary/aromatic N) is 1. The maximum atomic E-state index is 11.1. The molecule has 1 saturated heterocycles. The van der Waals surface area contributed by atoms with Gasteiger partial charge in [-0.2, -0.15) is 0 Å². The zero-order valence-electron chi connectivity index (χ0n) is 9.98. The van der Waals surface area contributed by atoms with Crippen LogP contribution in [0.15, 0.2) is 22.6 Å². The zero-order valence-corrected chi connectivity index (χ0v) is 9.98. The highest BCUT2D eigenvalue weighted by molar-refractivity contribution is 5.95. The first-order chi connectivity index (χ1) is 8.74. The molecule has 5 nitrogen and oxygen atoms in total. The predicted molar refractivity (Wildman–Crippen MR) is 67.4 cm³/mol. The van der Waals surface area contributed by atoms with Crippen molar-refractivity contribution in [3.8, 4) is 0 Å². The van der Waals surface area contributed by atoms with Gasteiger partial charge in [-0.1, -0.05) is 0 Å². The molecule has 1 fully saturated rings. The molecule has 5 heteroatoms. The third kappa shape index (κ3) is 1.97. The lowest BCUT2D eigenvalue weighted by molar-refractivity contribution is 0.100. The summed E-state index contributed by atoms with van der Waals surface area (Å²) in [6, 6.07) is 5.10. The fourth-order valence-corrected chi connectivity index (χ4v) is 2.34. The lowest BCUT2D eigenvalue weighted by Crippen LogP contribution is -2.28. The van der Waals surface area contributed by atoms with Gasteiger partial charge in [-0.15, -0.1) is 0 Å². The molecule has 1 unspecified atom stereocenters. The van der Waals surface area contributed by atoms with Crippen molar-refractivity contribution >= 4 is 17.0 Å². The molecule has 0 saturated carbocycles. The number of carbonyl (C=O) groups is 1. The Hall–Kier alpha value is -1.88. The Kier molecular flexibility index (Phi) is 2.76. The van der Waals surface area contributed by atoms with Crippen LogP contribution in [0.5, 0.6) is 0 Å². The Labute approximate surface area is 104 Å². The largest absolute Gasteiger partial charge is 0.440 e. The molecule has 18 heavy (non-hydrogen) atoms. The van der Waals surface area contributed by atoms with Crippen LogP contribution < -0.4 is 11.1 Å². The quantitative estimate of drug-likeness (QED) is 0.837. The number of oxazole rings is 1. The van der Waals surface area contributed by atoms with E-state index in [0.29, 0.717) is 22.6 Å².